The highest BCUT2D eigenvalue weighted by Crippen LogP contribution is 1.75. The first-order chi connectivity index (χ1) is 3.77. The van der Waals surface area contributed by atoms with Gasteiger partial charge in [0.1, 0.15) is 13.7 Å². The second-order valence-corrected chi connectivity index (χ2v) is 1.21. The summed E-state index contributed by atoms with van der Waals surface area (Å²) in [6, 6.07) is 0. The van der Waals surface area contributed by atoms with E-state index >= 15 is 0 Å². The van der Waals surface area contributed by atoms with Gasteiger partial charge in [0.15, 0.2) is 0 Å². The lowest BCUT2D eigenvalue weighted by atomic mass is 10.7. The fourth-order valence-corrected chi connectivity index (χ4v) is 0.234. The Morgan fingerprint density at radius 1 is 1.62 bits per heavy atom. The van der Waals surface area contributed by atoms with Crippen LogP contribution in [0, 0.1) is 7.11 Å². The molecule has 8 heavy (non-hydrogen) atoms. The zero-order chi connectivity index (χ0) is 6.41. The molecule has 0 aliphatic rings. The van der Waals surface area contributed by atoms with Crippen molar-refractivity contribution < 1.29 is 14.3 Å². The molecule has 0 aromatic carbocycles. The van der Waals surface area contributed by atoms with Gasteiger partial charge in [-0.15, -0.1) is 0 Å². The van der Waals surface area contributed by atoms with Crippen LogP contribution in [0.15, 0.2) is 0 Å². The van der Waals surface area contributed by atoms with Gasteiger partial charge in [0.25, 0.3) is 0 Å². The predicted octanol–water partition coefficient (Wildman–Crippen LogP) is 0.235. The molecule has 0 aromatic heterocycles. The maximum Gasteiger partial charge on any atom is 0.302 e. The van der Waals surface area contributed by atoms with Crippen LogP contribution in [0.4, 0.5) is 0 Å². The van der Waals surface area contributed by atoms with Gasteiger partial charge in [-0.1, -0.05) is 0 Å². The standard InChI is InChI=1S/C5H8O3/c1-5(6)8-4-3-7-2/h2H,3-4H2,1H3. The summed E-state index contributed by atoms with van der Waals surface area (Å²) in [4.78, 5) is 10.00. The number of carbonyl (C=O) groups excluding carboxylic acids is 1. The van der Waals surface area contributed by atoms with Crippen molar-refractivity contribution in [1.29, 1.82) is 0 Å². The first-order valence-corrected chi connectivity index (χ1v) is 2.22. The summed E-state index contributed by atoms with van der Waals surface area (Å²) in [6.07, 6.45) is 0. The third kappa shape index (κ3) is 5.43. The molecule has 0 heterocycles. The van der Waals surface area contributed by atoms with E-state index in [4.69, 9.17) is 0 Å². The molecule has 0 aromatic rings. The smallest absolute Gasteiger partial charge is 0.302 e. The van der Waals surface area contributed by atoms with Crippen molar-refractivity contribution in [1.82, 2.24) is 0 Å². The third-order valence-corrected chi connectivity index (χ3v) is 0.507. The lowest BCUT2D eigenvalue weighted by Crippen LogP contribution is -2.04. The Morgan fingerprint density at radius 3 is 2.62 bits per heavy atom. The van der Waals surface area contributed by atoms with E-state index < -0.39 is 0 Å². The molecule has 0 saturated carbocycles. The summed E-state index contributed by atoms with van der Waals surface area (Å²) in [6.45, 7) is 1.81. The maximum atomic E-state index is 10.00. The van der Waals surface area contributed by atoms with Gasteiger partial charge in [0.05, 0.1) is 6.61 Å². The Balaban J connectivity index is 2.82. The molecule has 0 saturated heterocycles. The second-order valence-electron chi connectivity index (χ2n) is 1.21. The van der Waals surface area contributed by atoms with Crippen molar-refractivity contribution >= 4 is 5.97 Å². The molecule has 0 N–H and O–H groups in total. The SMILES string of the molecule is [CH]OCCOC(C)=O. The lowest BCUT2D eigenvalue weighted by Gasteiger charge is -1.96. The molecule has 0 aliphatic heterocycles. The van der Waals surface area contributed by atoms with Crippen molar-refractivity contribution in [2.75, 3.05) is 13.2 Å². The van der Waals surface area contributed by atoms with E-state index in [2.05, 4.69) is 16.6 Å². The predicted molar refractivity (Wildman–Crippen MR) is 26.9 cm³/mol. The van der Waals surface area contributed by atoms with E-state index in [1.54, 1.807) is 0 Å². The molecule has 0 spiro atoms. The fourth-order valence-electron chi connectivity index (χ4n) is 0.234. The number of rotatable bonds is 3. The van der Waals surface area contributed by atoms with E-state index in [1.165, 1.54) is 6.92 Å². The normalized spacial score (nSPS) is 8.75. The molecular formula is C5H8O3. The Bertz CT molecular complexity index is 70.1. The van der Waals surface area contributed by atoms with Gasteiger partial charge in [-0.2, -0.15) is 0 Å². The molecule has 0 unspecified atom stereocenters. The van der Waals surface area contributed by atoms with Crippen LogP contribution in [0.1, 0.15) is 6.92 Å². The van der Waals surface area contributed by atoms with Gasteiger partial charge in [0.2, 0.25) is 0 Å². The van der Waals surface area contributed by atoms with E-state index in [0.29, 0.717) is 0 Å². The van der Waals surface area contributed by atoms with Crippen molar-refractivity contribution in [3.05, 3.63) is 7.11 Å². The molecule has 2 radical (unpaired) electrons. The largest absolute Gasteiger partial charge is 0.463 e. The van der Waals surface area contributed by atoms with Crippen LogP contribution in [-0.4, -0.2) is 19.2 Å². The van der Waals surface area contributed by atoms with E-state index in [-0.39, 0.29) is 19.2 Å². The number of hydrogen-bond acceptors (Lipinski definition) is 3. The average Bonchev–Trinajstić information content (AvgIpc) is 1.66. The van der Waals surface area contributed by atoms with Gasteiger partial charge in [0, 0.05) is 6.92 Å². The second kappa shape index (κ2) is 4.59. The van der Waals surface area contributed by atoms with Crippen molar-refractivity contribution in [2.24, 2.45) is 0 Å². The van der Waals surface area contributed by atoms with Crippen molar-refractivity contribution in [3.8, 4) is 0 Å². The summed E-state index contributed by atoms with van der Waals surface area (Å²) in [5.41, 5.74) is 0. The minimum Gasteiger partial charge on any atom is -0.463 e. The molecular weight excluding hydrogens is 108 g/mol. The van der Waals surface area contributed by atoms with Crippen LogP contribution in [-0.2, 0) is 14.3 Å². The molecule has 3 heteroatoms. The van der Waals surface area contributed by atoms with Crippen LogP contribution < -0.4 is 0 Å². The zero-order valence-corrected chi connectivity index (χ0v) is 4.72. The van der Waals surface area contributed by atoms with E-state index in [9.17, 15) is 4.79 Å². The Morgan fingerprint density at radius 2 is 2.25 bits per heavy atom. The molecule has 3 nitrogen and oxygen atoms in total. The molecule has 0 rings (SSSR count). The molecule has 0 bridgehead atoms. The number of esters is 1. The van der Waals surface area contributed by atoms with Crippen LogP contribution in [0.3, 0.4) is 0 Å². The van der Waals surface area contributed by atoms with Gasteiger partial charge in [-0.05, 0) is 0 Å². The number of ether oxygens (including phenoxy) is 2. The summed E-state index contributed by atoms with van der Waals surface area (Å²) in [5, 5.41) is 0. The van der Waals surface area contributed by atoms with Crippen molar-refractivity contribution in [2.45, 2.75) is 6.92 Å². The fraction of sp³-hybridized carbons (Fsp3) is 0.600. The summed E-state index contributed by atoms with van der Waals surface area (Å²) in [5.74, 6) is -0.318. The molecule has 0 atom stereocenters. The highest BCUT2D eigenvalue weighted by Gasteiger charge is 1.88. The van der Waals surface area contributed by atoms with Crippen LogP contribution in [0.25, 0.3) is 0 Å². The maximum absolute atomic E-state index is 10.00. The highest BCUT2D eigenvalue weighted by molar-refractivity contribution is 5.65. The van der Waals surface area contributed by atoms with E-state index in [1.807, 2.05) is 0 Å². The van der Waals surface area contributed by atoms with Gasteiger partial charge >= 0.3 is 5.97 Å². The lowest BCUT2D eigenvalue weighted by molar-refractivity contribution is -0.141. The van der Waals surface area contributed by atoms with E-state index in [0.717, 1.165) is 0 Å². The first-order valence-electron chi connectivity index (χ1n) is 2.22. The van der Waals surface area contributed by atoms with Crippen LogP contribution in [0.5, 0.6) is 0 Å². The van der Waals surface area contributed by atoms with Gasteiger partial charge < -0.3 is 9.47 Å². The Kier molecular flexibility index (Phi) is 4.26. The molecule has 0 fully saturated rings. The first kappa shape index (κ1) is 7.43. The minimum absolute atomic E-state index is 0.228. The number of hydrogen-bond donors (Lipinski definition) is 0. The zero-order valence-electron chi connectivity index (χ0n) is 4.72. The number of carbonyl (C=O) groups is 1. The van der Waals surface area contributed by atoms with Gasteiger partial charge in [-0.25, -0.2) is 0 Å². The summed E-state index contributed by atoms with van der Waals surface area (Å²) < 4.78 is 8.55. The topological polar surface area (TPSA) is 35.5 Å². The molecule has 0 amide bonds. The van der Waals surface area contributed by atoms with Gasteiger partial charge in [-0.3, -0.25) is 4.79 Å². The Hall–Kier alpha value is -0.570. The quantitative estimate of drug-likeness (QED) is 0.391. The van der Waals surface area contributed by atoms with Crippen molar-refractivity contribution in [3.63, 3.8) is 0 Å². The third-order valence-electron chi connectivity index (χ3n) is 0.507. The Labute approximate surface area is 48.6 Å². The average molecular weight is 116 g/mol. The monoisotopic (exact) mass is 116 g/mol. The van der Waals surface area contributed by atoms with Crippen LogP contribution >= 0.6 is 0 Å². The van der Waals surface area contributed by atoms with Crippen LogP contribution in [0.2, 0.25) is 0 Å². The summed E-state index contributed by atoms with van der Waals surface area (Å²) >= 11 is 0. The summed E-state index contributed by atoms with van der Waals surface area (Å²) in [7, 11) is 4.62. The molecule has 46 valence electrons. The molecule has 0 aliphatic carbocycles. The minimum atomic E-state index is -0.318. The highest BCUT2D eigenvalue weighted by atomic mass is 16.6.